The lowest BCUT2D eigenvalue weighted by atomic mass is 10.1. The maximum absolute atomic E-state index is 12.3. The van der Waals surface area contributed by atoms with Gasteiger partial charge in [0, 0.05) is 44.6 Å². The van der Waals surface area contributed by atoms with Gasteiger partial charge in [0.15, 0.2) is 5.96 Å². The van der Waals surface area contributed by atoms with Crippen molar-refractivity contribution in [3.05, 3.63) is 35.9 Å². The van der Waals surface area contributed by atoms with Gasteiger partial charge in [-0.3, -0.25) is 9.59 Å². The number of benzene rings is 1. The highest BCUT2D eigenvalue weighted by atomic mass is 127. The summed E-state index contributed by atoms with van der Waals surface area (Å²) in [6.07, 6.45) is 3.59. The number of hydrogen-bond acceptors (Lipinski definition) is 3. The monoisotopic (exact) mass is 513 g/mol. The largest absolute Gasteiger partial charge is 0.357 e. The molecule has 1 unspecified atom stereocenters. The number of nitrogens with zero attached hydrogens (tertiary/aromatic N) is 2. The second-order valence-corrected chi connectivity index (χ2v) is 7.56. The molecule has 1 aliphatic heterocycles. The topological polar surface area (TPSA) is 85.8 Å². The van der Waals surface area contributed by atoms with Crippen LogP contribution in [0.4, 0.5) is 0 Å². The molecule has 2 amide bonds. The number of carbonyl (C=O) groups is 2. The zero-order chi connectivity index (χ0) is 19.8. The molecule has 1 aliphatic carbocycles. The first-order valence-corrected chi connectivity index (χ1v) is 10.3. The molecule has 2 aliphatic rings. The smallest absolute Gasteiger partial charge is 0.242 e. The molecule has 160 valence electrons. The summed E-state index contributed by atoms with van der Waals surface area (Å²) >= 11 is 0. The highest BCUT2D eigenvalue weighted by molar-refractivity contribution is 14.0. The van der Waals surface area contributed by atoms with E-state index in [1.807, 2.05) is 30.0 Å². The van der Waals surface area contributed by atoms with E-state index in [0.717, 1.165) is 38.9 Å². The summed E-state index contributed by atoms with van der Waals surface area (Å²) in [5, 5.41) is 9.38. The minimum Gasteiger partial charge on any atom is -0.357 e. The van der Waals surface area contributed by atoms with Crippen molar-refractivity contribution >= 4 is 41.8 Å². The van der Waals surface area contributed by atoms with Crippen molar-refractivity contribution in [2.45, 2.75) is 38.6 Å². The van der Waals surface area contributed by atoms with Crippen molar-refractivity contribution in [3.8, 4) is 0 Å². The first-order valence-electron chi connectivity index (χ1n) is 10.3. The van der Waals surface area contributed by atoms with Gasteiger partial charge in [-0.25, -0.2) is 4.99 Å². The second-order valence-electron chi connectivity index (χ2n) is 7.56. The lowest BCUT2D eigenvalue weighted by molar-refractivity contribution is -0.127. The van der Waals surface area contributed by atoms with Gasteiger partial charge in [-0.2, -0.15) is 0 Å². The van der Waals surface area contributed by atoms with Crippen molar-refractivity contribution < 1.29 is 9.59 Å². The van der Waals surface area contributed by atoms with Crippen molar-refractivity contribution in [2.75, 3.05) is 32.7 Å². The van der Waals surface area contributed by atoms with E-state index in [1.54, 1.807) is 0 Å². The van der Waals surface area contributed by atoms with E-state index in [2.05, 4.69) is 33.1 Å². The van der Waals surface area contributed by atoms with E-state index in [0.29, 0.717) is 25.0 Å². The SMILES string of the molecule is CCNC(=NCC(=O)NC1CC1)NCC1CC(=O)N(CCc2ccccc2)C1.I. The van der Waals surface area contributed by atoms with Crippen LogP contribution in [0.3, 0.4) is 0 Å². The van der Waals surface area contributed by atoms with Crippen LogP contribution in [0.5, 0.6) is 0 Å². The number of amides is 2. The Morgan fingerprint density at radius 1 is 1.21 bits per heavy atom. The number of aliphatic imine (C=N–C) groups is 1. The molecule has 1 saturated carbocycles. The van der Waals surface area contributed by atoms with Gasteiger partial charge in [-0.05, 0) is 31.7 Å². The summed E-state index contributed by atoms with van der Waals surface area (Å²) in [5.74, 6) is 1.06. The number of likely N-dealkylation sites (tertiary alicyclic amines) is 1. The van der Waals surface area contributed by atoms with Crippen LogP contribution in [0, 0.1) is 5.92 Å². The van der Waals surface area contributed by atoms with Crippen molar-refractivity contribution in [2.24, 2.45) is 10.9 Å². The van der Waals surface area contributed by atoms with Gasteiger partial charge in [0.1, 0.15) is 6.54 Å². The third kappa shape index (κ3) is 8.20. The molecule has 29 heavy (non-hydrogen) atoms. The number of nitrogens with one attached hydrogen (secondary N) is 3. The minimum absolute atomic E-state index is 0. The van der Waals surface area contributed by atoms with Crippen LogP contribution >= 0.6 is 24.0 Å². The molecule has 3 N–H and O–H groups in total. The summed E-state index contributed by atoms with van der Waals surface area (Å²) in [7, 11) is 0. The number of halogens is 1. The number of guanidine groups is 1. The summed E-state index contributed by atoms with van der Waals surface area (Å²) in [6, 6.07) is 10.6. The average molecular weight is 513 g/mol. The van der Waals surface area contributed by atoms with Gasteiger partial charge >= 0.3 is 0 Å². The fourth-order valence-electron chi connectivity index (χ4n) is 3.35. The van der Waals surface area contributed by atoms with Gasteiger partial charge < -0.3 is 20.9 Å². The first-order chi connectivity index (χ1) is 13.6. The molecule has 1 saturated heterocycles. The maximum atomic E-state index is 12.3. The standard InChI is InChI=1S/C21H31N5O2.HI/c1-2-22-21(24-14-19(27)25-18-8-9-18)23-13-17-12-20(28)26(15-17)11-10-16-6-4-3-5-7-16;/h3-7,17-18H,2,8-15H2,1H3,(H,25,27)(H2,22,23,24);1H. The summed E-state index contributed by atoms with van der Waals surface area (Å²) < 4.78 is 0. The Bertz CT molecular complexity index is 694. The normalized spacial score (nSPS) is 18.9. The van der Waals surface area contributed by atoms with E-state index in [4.69, 9.17) is 0 Å². The van der Waals surface area contributed by atoms with Crippen LogP contribution < -0.4 is 16.0 Å². The Morgan fingerprint density at radius 3 is 2.66 bits per heavy atom. The molecule has 0 spiro atoms. The van der Waals surface area contributed by atoms with Gasteiger partial charge in [-0.15, -0.1) is 24.0 Å². The molecule has 1 aromatic carbocycles. The van der Waals surface area contributed by atoms with Gasteiger partial charge in [0.2, 0.25) is 11.8 Å². The van der Waals surface area contributed by atoms with Crippen molar-refractivity contribution in [3.63, 3.8) is 0 Å². The molecule has 2 fully saturated rings. The second kappa shape index (κ2) is 12.0. The van der Waals surface area contributed by atoms with Crippen LogP contribution in [-0.4, -0.2) is 61.4 Å². The molecule has 8 heteroatoms. The quantitative estimate of drug-likeness (QED) is 0.266. The predicted molar refractivity (Wildman–Crippen MR) is 125 cm³/mol. The molecular weight excluding hydrogens is 481 g/mol. The molecule has 1 heterocycles. The fourth-order valence-corrected chi connectivity index (χ4v) is 3.35. The molecule has 3 rings (SSSR count). The summed E-state index contributed by atoms with van der Waals surface area (Å²) in [5.41, 5.74) is 1.25. The lowest BCUT2D eigenvalue weighted by Crippen LogP contribution is -2.41. The third-order valence-corrected chi connectivity index (χ3v) is 5.03. The zero-order valence-electron chi connectivity index (χ0n) is 17.0. The first kappa shape index (κ1) is 23.4. The Hall–Kier alpha value is -1.84. The van der Waals surface area contributed by atoms with Crippen LogP contribution in [0.2, 0.25) is 0 Å². The Kier molecular flexibility index (Phi) is 9.69. The number of rotatable bonds is 9. The molecule has 0 radical (unpaired) electrons. The van der Waals surface area contributed by atoms with Crippen LogP contribution in [-0.2, 0) is 16.0 Å². The highest BCUT2D eigenvalue weighted by Gasteiger charge is 2.29. The predicted octanol–water partition coefficient (Wildman–Crippen LogP) is 1.53. The molecule has 0 aromatic heterocycles. The molecule has 0 bridgehead atoms. The zero-order valence-corrected chi connectivity index (χ0v) is 19.4. The Labute approximate surface area is 190 Å². The van der Waals surface area contributed by atoms with Gasteiger partial charge in [-0.1, -0.05) is 30.3 Å². The number of hydrogen-bond donors (Lipinski definition) is 3. The van der Waals surface area contributed by atoms with Crippen LogP contribution in [0.1, 0.15) is 31.7 Å². The summed E-state index contributed by atoms with van der Waals surface area (Å²) in [6.45, 7) is 5.03. The van der Waals surface area contributed by atoms with Crippen LogP contribution in [0.15, 0.2) is 35.3 Å². The molecule has 1 aromatic rings. The number of carbonyl (C=O) groups excluding carboxylic acids is 2. The Morgan fingerprint density at radius 2 is 1.97 bits per heavy atom. The van der Waals surface area contributed by atoms with Crippen LogP contribution in [0.25, 0.3) is 0 Å². The molecule has 1 atom stereocenters. The van der Waals surface area contributed by atoms with Crippen molar-refractivity contribution in [1.29, 1.82) is 0 Å². The van der Waals surface area contributed by atoms with E-state index in [9.17, 15) is 9.59 Å². The van der Waals surface area contributed by atoms with E-state index >= 15 is 0 Å². The van der Waals surface area contributed by atoms with E-state index in [-0.39, 0.29) is 48.3 Å². The maximum Gasteiger partial charge on any atom is 0.242 e. The lowest BCUT2D eigenvalue weighted by Gasteiger charge is -2.18. The molecular formula is C21H32IN5O2. The van der Waals surface area contributed by atoms with Gasteiger partial charge in [0.05, 0.1) is 0 Å². The van der Waals surface area contributed by atoms with Gasteiger partial charge in [0.25, 0.3) is 0 Å². The Balaban J connectivity index is 0.00000300. The molecule has 7 nitrogen and oxygen atoms in total. The highest BCUT2D eigenvalue weighted by Crippen LogP contribution is 2.18. The van der Waals surface area contributed by atoms with E-state index < -0.39 is 0 Å². The summed E-state index contributed by atoms with van der Waals surface area (Å²) in [4.78, 5) is 30.4. The van der Waals surface area contributed by atoms with Crippen molar-refractivity contribution in [1.82, 2.24) is 20.9 Å². The third-order valence-electron chi connectivity index (χ3n) is 5.03. The minimum atomic E-state index is -0.0390. The average Bonchev–Trinajstić information content (AvgIpc) is 3.44. The van der Waals surface area contributed by atoms with E-state index in [1.165, 1.54) is 5.56 Å². The fraction of sp³-hybridized carbons (Fsp3) is 0.571.